The average Bonchev–Trinajstić information content (AvgIpc) is 2.73. The van der Waals surface area contributed by atoms with Crippen LogP contribution in [0.3, 0.4) is 0 Å². The SMILES string of the molecule is CC(CS(C)=O)n1c(SCC(=O)O)nc2ccc(Cl)cc21. The third-order valence-corrected chi connectivity index (χ3v) is 4.98. The molecule has 1 aromatic carbocycles. The Morgan fingerprint density at radius 3 is 2.90 bits per heavy atom. The molecule has 0 aliphatic carbocycles. The van der Waals surface area contributed by atoms with Gasteiger partial charge in [-0.1, -0.05) is 23.4 Å². The maximum absolute atomic E-state index is 11.5. The molecule has 21 heavy (non-hydrogen) atoms. The number of thioether (sulfide) groups is 1. The summed E-state index contributed by atoms with van der Waals surface area (Å²) >= 11 is 7.19. The molecule has 1 heterocycles. The number of imidazole rings is 1. The topological polar surface area (TPSA) is 72.2 Å². The third kappa shape index (κ3) is 3.99. The number of halogens is 1. The van der Waals surface area contributed by atoms with Crippen LogP contribution in [0.4, 0.5) is 0 Å². The molecule has 1 N–H and O–H groups in total. The molecular weight excluding hydrogens is 332 g/mol. The fourth-order valence-corrected chi connectivity index (χ4v) is 3.94. The number of hydrogen-bond acceptors (Lipinski definition) is 4. The minimum atomic E-state index is -0.957. The Morgan fingerprint density at radius 2 is 2.29 bits per heavy atom. The van der Waals surface area contributed by atoms with Gasteiger partial charge in [0.1, 0.15) is 0 Å². The maximum atomic E-state index is 11.5. The zero-order valence-electron chi connectivity index (χ0n) is 11.6. The molecule has 0 fully saturated rings. The van der Waals surface area contributed by atoms with Crippen LogP contribution in [0, 0.1) is 0 Å². The maximum Gasteiger partial charge on any atom is 0.313 e. The van der Waals surface area contributed by atoms with Crippen LogP contribution in [0.1, 0.15) is 13.0 Å². The van der Waals surface area contributed by atoms with E-state index in [1.165, 1.54) is 0 Å². The average molecular weight is 347 g/mol. The van der Waals surface area contributed by atoms with Crippen LogP contribution in [0.5, 0.6) is 0 Å². The van der Waals surface area contributed by atoms with Gasteiger partial charge in [-0.25, -0.2) is 4.98 Å². The Morgan fingerprint density at radius 1 is 1.57 bits per heavy atom. The molecule has 114 valence electrons. The van der Waals surface area contributed by atoms with Crippen LogP contribution in [0.2, 0.25) is 5.02 Å². The van der Waals surface area contributed by atoms with Gasteiger partial charge in [-0.15, -0.1) is 0 Å². The normalized spacial score (nSPS) is 14.2. The third-order valence-electron chi connectivity index (χ3n) is 2.86. The Labute approximate surface area is 134 Å². The van der Waals surface area contributed by atoms with Crippen molar-refractivity contribution in [1.82, 2.24) is 9.55 Å². The summed E-state index contributed by atoms with van der Waals surface area (Å²) in [7, 11) is -0.957. The summed E-state index contributed by atoms with van der Waals surface area (Å²) in [5, 5.41) is 10.0. The van der Waals surface area contributed by atoms with Gasteiger partial charge in [0, 0.05) is 33.9 Å². The molecule has 0 aliphatic rings. The van der Waals surface area contributed by atoms with E-state index in [1.54, 1.807) is 24.5 Å². The lowest BCUT2D eigenvalue weighted by Crippen LogP contribution is -2.14. The predicted molar refractivity (Wildman–Crippen MR) is 86.7 cm³/mol. The molecule has 0 spiro atoms. The van der Waals surface area contributed by atoms with Crippen LogP contribution in [-0.2, 0) is 15.6 Å². The first kappa shape index (κ1) is 16.3. The molecule has 0 radical (unpaired) electrons. The molecule has 0 bridgehead atoms. The van der Waals surface area contributed by atoms with E-state index in [9.17, 15) is 9.00 Å². The van der Waals surface area contributed by atoms with Crippen LogP contribution in [0.25, 0.3) is 11.0 Å². The van der Waals surface area contributed by atoms with Gasteiger partial charge < -0.3 is 9.67 Å². The Kier molecular flexibility index (Phi) is 5.29. The smallest absolute Gasteiger partial charge is 0.313 e. The highest BCUT2D eigenvalue weighted by Gasteiger charge is 2.18. The minimum Gasteiger partial charge on any atom is -0.481 e. The number of aromatic nitrogens is 2. The zero-order valence-corrected chi connectivity index (χ0v) is 14.0. The van der Waals surface area contributed by atoms with E-state index < -0.39 is 16.8 Å². The lowest BCUT2D eigenvalue weighted by molar-refractivity contribution is -0.133. The van der Waals surface area contributed by atoms with Crippen LogP contribution in [0.15, 0.2) is 23.4 Å². The number of carboxylic acid groups (broad SMARTS) is 1. The first-order valence-electron chi connectivity index (χ1n) is 6.20. The van der Waals surface area contributed by atoms with Gasteiger partial charge in [0.15, 0.2) is 5.16 Å². The molecule has 8 heteroatoms. The Balaban J connectivity index is 2.49. The van der Waals surface area contributed by atoms with Gasteiger partial charge in [0.05, 0.1) is 16.8 Å². The van der Waals surface area contributed by atoms with Crippen molar-refractivity contribution >= 4 is 51.2 Å². The van der Waals surface area contributed by atoms with Gasteiger partial charge in [0.2, 0.25) is 0 Å². The highest BCUT2D eigenvalue weighted by Crippen LogP contribution is 2.29. The Bertz CT molecular complexity index is 702. The summed E-state index contributed by atoms with van der Waals surface area (Å²) in [6, 6.07) is 5.28. The molecule has 2 rings (SSSR count). The van der Waals surface area contributed by atoms with E-state index in [1.807, 2.05) is 11.5 Å². The second kappa shape index (κ2) is 6.81. The molecule has 0 saturated heterocycles. The second-order valence-corrected chi connectivity index (χ2v) is 7.53. The summed E-state index contributed by atoms with van der Waals surface area (Å²) in [5.74, 6) is -0.499. The lowest BCUT2D eigenvalue weighted by Gasteiger charge is -2.16. The van der Waals surface area contributed by atoms with E-state index in [-0.39, 0.29) is 11.8 Å². The van der Waals surface area contributed by atoms with Gasteiger partial charge in [-0.3, -0.25) is 9.00 Å². The molecule has 5 nitrogen and oxygen atoms in total. The number of carboxylic acids is 1. The first-order chi connectivity index (χ1) is 9.88. The van der Waals surface area contributed by atoms with Crippen molar-refractivity contribution in [3.8, 4) is 0 Å². The lowest BCUT2D eigenvalue weighted by atomic mass is 10.3. The van der Waals surface area contributed by atoms with Crippen LogP contribution < -0.4 is 0 Å². The number of hydrogen-bond donors (Lipinski definition) is 1. The molecule has 2 aromatic rings. The summed E-state index contributed by atoms with van der Waals surface area (Å²) in [6.07, 6.45) is 1.65. The number of fused-ring (bicyclic) bond motifs is 1. The fraction of sp³-hybridized carbons (Fsp3) is 0.385. The summed E-state index contributed by atoms with van der Waals surface area (Å²) in [4.78, 5) is 15.2. The standard InChI is InChI=1S/C13H15ClN2O3S2/c1-8(7-21(2)19)16-11-5-9(14)3-4-10(11)15-13(16)20-6-12(17)18/h3-5,8H,6-7H2,1-2H3,(H,17,18). The van der Waals surface area contributed by atoms with Crippen LogP contribution >= 0.6 is 23.4 Å². The van der Waals surface area contributed by atoms with Gasteiger partial charge in [-0.2, -0.15) is 0 Å². The highest BCUT2D eigenvalue weighted by molar-refractivity contribution is 7.99. The van der Waals surface area contributed by atoms with Gasteiger partial charge in [0.25, 0.3) is 0 Å². The van der Waals surface area contributed by atoms with E-state index in [2.05, 4.69) is 4.98 Å². The first-order valence-corrected chi connectivity index (χ1v) is 9.29. The largest absolute Gasteiger partial charge is 0.481 e. The van der Waals surface area contributed by atoms with Crippen molar-refractivity contribution in [2.45, 2.75) is 18.1 Å². The van der Waals surface area contributed by atoms with E-state index >= 15 is 0 Å². The number of rotatable bonds is 6. The van der Waals surface area contributed by atoms with Gasteiger partial charge in [-0.05, 0) is 25.1 Å². The summed E-state index contributed by atoms with van der Waals surface area (Å²) < 4.78 is 13.4. The van der Waals surface area contributed by atoms with Crippen molar-refractivity contribution in [1.29, 1.82) is 0 Å². The molecule has 2 unspecified atom stereocenters. The second-order valence-electron chi connectivity index (χ2n) is 4.67. The fourth-order valence-electron chi connectivity index (χ4n) is 2.11. The highest BCUT2D eigenvalue weighted by atomic mass is 35.5. The van der Waals surface area contributed by atoms with Crippen molar-refractivity contribution < 1.29 is 14.1 Å². The quantitative estimate of drug-likeness (QED) is 0.814. The number of aliphatic carboxylic acids is 1. The molecule has 2 atom stereocenters. The molecule has 0 aliphatic heterocycles. The van der Waals surface area contributed by atoms with Crippen molar-refractivity contribution in [3.63, 3.8) is 0 Å². The minimum absolute atomic E-state index is 0.0596. The van der Waals surface area contributed by atoms with Crippen molar-refractivity contribution in [2.75, 3.05) is 17.8 Å². The number of carbonyl (C=O) groups is 1. The van der Waals surface area contributed by atoms with Crippen LogP contribution in [-0.4, -0.2) is 42.6 Å². The molecule has 0 amide bonds. The molecule has 1 aromatic heterocycles. The zero-order chi connectivity index (χ0) is 15.6. The van der Waals surface area contributed by atoms with E-state index in [4.69, 9.17) is 16.7 Å². The van der Waals surface area contributed by atoms with E-state index in [0.717, 1.165) is 22.8 Å². The van der Waals surface area contributed by atoms with E-state index in [0.29, 0.717) is 15.9 Å². The Hall–Kier alpha value is -1.05. The van der Waals surface area contributed by atoms with Crippen molar-refractivity contribution in [3.05, 3.63) is 23.2 Å². The summed E-state index contributed by atoms with van der Waals surface area (Å²) in [6.45, 7) is 1.94. The molecular formula is C13H15ClN2O3S2. The summed E-state index contributed by atoms with van der Waals surface area (Å²) in [5.41, 5.74) is 1.58. The van der Waals surface area contributed by atoms with Gasteiger partial charge >= 0.3 is 5.97 Å². The number of nitrogens with zero attached hydrogens (tertiary/aromatic N) is 2. The van der Waals surface area contributed by atoms with Crippen molar-refractivity contribution in [2.24, 2.45) is 0 Å². The predicted octanol–water partition coefficient (Wildman–Crippen LogP) is 2.81. The molecule has 0 saturated carbocycles. The number of benzene rings is 1. The monoisotopic (exact) mass is 346 g/mol.